The lowest BCUT2D eigenvalue weighted by molar-refractivity contribution is -0.125. The Morgan fingerprint density at radius 3 is 2.58 bits per heavy atom. The van der Waals surface area contributed by atoms with E-state index in [2.05, 4.69) is 24.1 Å². The van der Waals surface area contributed by atoms with Crippen LogP contribution in [0.1, 0.15) is 49.3 Å². The van der Waals surface area contributed by atoms with E-state index in [4.69, 9.17) is 13.6 Å². The van der Waals surface area contributed by atoms with E-state index in [1.54, 1.807) is 31.4 Å². The van der Waals surface area contributed by atoms with Crippen LogP contribution in [0.5, 0.6) is 0 Å². The van der Waals surface area contributed by atoms with E-state index >= 15 is 0 Å². The normalized spacial score (nSPS) is 15.7. The lowest BCUT2D eigenvalue weighted by Gasteiger charge is -2.27. The Morgan fingerprint density at radius 2 is 1.90 bits per heavy atom. The molecule has 3 rings (SSSR count). The minimum absolute atomic E-state index is 0.185. The van der Waals surface area contributed by atoms with Gasteiger partial charge in [-0.25, -0.2) is 0 Å². The fourth-order valence-electron chi connectivity index (χ4n) is 3.43. The van der Waals surface area contributed by atoms with Crippen molar-refractivity contribution in [1.29, 1.82) is 0 Å². The van der Waals surface area contributed by atoms with Crippen molar-refractivity contribution in [3.05, 3.63) is 47.8 Å². The van der Waals surface area contributed by atoms with Crippen molar-refractivity contribution in [3.63, 3.8) is 0 Å². The van der Waals surface area contributed by atoms with Gasteiger partial charge in [0.15, 0.2) is 5.76 Å². The van der Waals surface area contributed by atoms with Crippen LogP contribution in [0.15, 0.2) is 39.4 Å². The molecule has 0 bridgehead atoms. The zero-order valence-corrected chi connectivity index (χ0v) is 18.6. The maximum Gasteiger partial charge on any atom is 0.290 e. The number of hydrogen-bond donors (Lipinski definition) is 1. The molecular formula is C23H33N3O5. The highest BCUT2D eigenvalue weighted by atomic mass is 16.5. The molecule has 1 saturated heterocycles. The van der Waals surface area contributed by atoms with Gasteiger partial charge >= 0.3 is 0 Å². The van der Waals surface area contributed by atoms with E-state index in [9.17, 15) is 9.59 Å². The third kappa shape index (κ3) is 6.70. The number of carbonyl (C=O) groups is 2. The van der Waals surface area contributed by atoms with Crippen LogP contribution in [0.4, 0.5) is 0 Å². The van der Waals surface area contributed by atoms with Gasteiger partial charge in [-0.1, -0.05) is 13.8 Å². The van der Waals surface area contributed by atoms with Gasteiger partial charge in [0.05, 0.1) is 32.6 Å². The molecule has 0 saturated carbocycles. The standard InChI is InChI=1S/C23H33N3O5/c1-17(2)8-9-24-22(27)18(3)26(16-19-5-4-12-30-19)23(28)21-7-6-20(31-21)15-25-10-13-29-14-11-25/h4-7,12,17-18H,8-11,13-16H2,1-3H3,(H,24,27)/t18-/m1/s1. The molecule has 8 nitrogen and oxygen atoms in total. The molecule has 0 radical (unpaired) electrons. The Morgan fingerprint density at radius 1 is 1.13 bits per heavy atom. The fourth-order valence-corrected chi connectivity index (χ4v) is 3.43. The molecule has 1 aliphatic heterocycles. The Labute approximate surface area is 183 Å². The predicted molar refractivity (Wildman–Crippen MR) is 115 cm³/mol. The summed E-state index contributed by atoms with van der Waals surface area (Å²) < 4.78 is 16.7. The lowest BCUT2D eigenvalue weighted by atomic mass is 10.1. The second-order valence-electron chi connectivity index (χ2n) is 8.32. The quantitative estimate of drug-likeness (QED) is 0.622. The molecule has 2 aromatic rings. The summed E-state index contributed by atoms with van der Waals surface area (Å²) in [5, 5.41) is 2.93. The SMILES string of the molecule is CC(C)CCNC(=O)[C@@H](C)N(Cc1ccco1)C(=O)c1ccc(CN2CCOCC2)o1. The number of morpholine rings is 1. The number of carbonyl (C=O) groups excluding carboxylic acids is 2. The maximum atomic E-state index is 13.3. The van der Waals surface area contributed by atoms with Crippen molar-refractivity contribution in [2.75, 3.05) is 32.8 Å². The Balaban J connectivity index is 1.69. The largest absolute Gasteiger partial charge is 0.467 e. The molecule has 0 aromatic carbocycles. The summed E-state index contributed by atoms with van der Waals surface area (Å²) in [6.45, 7) is 10.4. The Bertz CT molecular complexity index is 824. The van der Waals surface area contributed by atoms with Crippen LogP contribution in [0.3, 0.4) is 0 Å². The van der Waals surface area contributed by atoms with Crippen LogP contribution < -0.4 is 5.32 Å². The highest BCUT2D eigenvalue weighted by Crippen LogP contribution is 2.18. The van der Waals surface area contributed by atoms with Gasteiger partial charge in [0.1, 0.15) is 17.6 Å². The maximum absolute atomic E-state index is 13.3. The summed E-state index contributed by atoms with van der Waals surface area (Å²) in [7, 11) is 0. The monoisotopic (exact) mass is 431 g/mol. The third-order valence-electron chi connectivity index (χ3n) is 5.39. The first kappa shape index (κ1) is 23.1. The number of rotatable bonds is 10. The van der Waals surface area contributed by atoms with Crippen LogP contribution in [0.25, 0.3) is 0 Å². The van der Waals surface area contributed by atoms with Gasteiger partial charge in [-0.15, -0.1) is 0 Å². The molecule has 31 heavy (non-hydrogen) atoms. The van der Waals surface area contributed by atoms with Gasteiger partial charge in [0, 0.05) is 19.6 Å². The number of hydrogen-bond acceptors (Lipinski definition) is 6. The fraction of sp³-hybridized carbons (Fsp3) is 0.565. The molecule has 170 valence electrons. The van der Waals surface area contributed by atoms with Gasteiger partial charge in [-0.05, 0) is 43.5 Å². The van der Waals surface area contributed by atoms with E-state index in [0.717, 1.165) is 25.3 Å². The third-order valence-corrected chi connectivity index (χ3v) is 5.39. The number of ether oxygens (including phenoxy) is 1. The van der Waals surface area contributed by atoms with Gasteiger partial charge in [0.25, 0.3) is 5.91 Å². The number of furan rings is 2. The van der Waals surface area contributed by atoms with Gasteiger partial charge in [0.2, 0.25) is 5.91 Å². The number of amides is 2. The Hall–Kier alpha value is -2.58. The van der Waals surface area contributed by atoms with E-state index in [0.29, 0.717) is 38.0 Å². The lowest BCUT2D eigenvalue weighted by Crippen LogP contribution is -2.47. The molecule has 2 aromatic heterocycles. The van der Waals surface area contributed by atoms with E-state index < -0.39 is 6.04 Å². The minimum atomic E-state index is -0.669. The van der Waals surface area contributed by atoms with Crippen LogP contribution in [0.2, 0.25) is 0 Å². The van der Waals surface area contributed by atoms with Crippen LogP contribution in [-0.2, 0) is 22.6 Å². The second-order valence-corrected chi connectivity index (χ2v) is 8.32. The molecule has 2 amide bonds. The summed E-state index contributed by atoms with van der Waals surface area (Å²) in [6, 6.07) is 6.38. The van der Waals surface area contributed by atoms with Gasteiger partial charge in [-0.3, -0.25) is 14.5 Å². The van der Waals surface area contributed by atoms with E-state index in [1.807, 2.05) is 6.07 Å². The highest BCUT2D eigenvalue weighted by molar-refractivity contribution is 5.95. The van der Waals surface area contributed by atoms with Crippen LogP contribution in [0, 0.1) is 5.92 Å². The van der Waals surface area contributed by atoms with Crippen molar-refractivity contribution < 1.29 is 23.2 Å². The summed E-state index contributed by atoms with van der Waals surface area (Å²) in [5.41, 5.74) is 0. The summed E-state index contributed by atoms with van der Waals surface area (Å²) in [6.07, 6.45) is 2.44. The van der Waals surface area contributed by atoms with Gasteiger partial charge in [-0.2, -0.15) is 0 Å². The summed E-state index contributed by atoms with van der Waals surface area (Å²) in [5.74, 6) is 1.51. The van der Waals surface area contributed by atoms with Crippen molar-refractivity contribution in [1.82, 2.24) is 15.1 Å². The topological polar surface area (TPSA) is 88.2 Å². The van der Waals surface area contributed by atoms with Crippen molar-refractivity contribution in [3.8, 4) is 0 Å². The first-order valence-electron chi connectivity index (χ1n) is 10.9. The molecule has 0 unspecified atom stereocenters. The first-order valence-corrected chi connectivity index (χ1v) is 10.9. The van der Waals surface area contributed by atoms with E-state index in [1.165, 1.54) is 4.90 Å². The molecule has 8 heteroatoms. The summed E-state index contributed by atoms with van der Waals surface area (Å²) >= 11 is 0. The average Bonchev–Trinajstić information content (AvgIpc) is 3.43. The van der Waals surface area contributed by atoms with Crippen LogP contribution in [-0.4, -0.2) is 60.5 Å². The van der Waals surface area contributed by atoms with Crippen molar-refractivity contribution >= 4 is 11.8 Å². The molecule has 1 N–H and O–H groups in total. The van der Waals surface area contributed by atoms with Crippen molar-refractivity contribution in [2.45, 2.75) is 46.3 Å². The zero-order valence-electron chi connectivity index (χ0n) is 18.6. The van der Waals surface area contributed by atoms with Crippen molar-refractivity contribution in [2.24, 2.45) is 5.92 Å². The molecule has 1 atom stereocenters. The summed E-state index contributed by atoms with van der Waals surface area (Å²) in [4.78, 5) is 29.7. The average molecular weight is 432 g/mol. The van der Waals surface area contributed by atoms with Gasteiger partial charge < -0.3 is 23.8 Å². The Kier molecular flexibility index (Phi) is 8.31. The molecule has 1 fully saturated rings. The molecule has 0 spiro atoms. The number of nitrogens with one attached hydrogen (secondary N) is 1. The smallest absolute Gasteiger partial charge is 0.290 e. The number of nitrogens with zero attached hydrogens (tertiary/aromatic N) is 2. The van der Waals surface area contributed by atoms with Crippen LogP contribution >= 0.6 is 0 Å². The predicted octanol–water partition coefficient (Wildman–Crippen LogP) is 2.90. The molecule has 0 aliphatic carbocycles. The van der Waals surface area contributed by atoms with E-state index in [-0.39, 0.29) is 24.1 Å². The zero-order chi connectivity index (χ0) is 22.2. The second kappa shape index (κ2) is 11.2. The molecule has 3 heterocycles. The molecular weight excluding hydrogens is 398 g/mol. The highest BCUT2D eigenvalue weighted by Gasteiger charge is 2.29. The minimum Gasteiger partial charge on any atom is -0.467 e. The first-order chi connectivity index (χ1) is 14.9. The molecule has 1 aliphatic rings.